The van der Waals surface area contributed by atoms with E-state index in [0.29, 0.717) is 30.5 Å². The highest BCUT2D eigenvalue weighted by atomic mass is 19.1. The second kappa shape index (κ2) is 11.6. The lowest BCUT2D eigenvalue weighted by Gasteiger charge is -2.29. The van der Waals surface area contributed by atoms with Crippen LogP contribution in [0.15, 0.2) is 54.9 Å². The van der Waals surface area contributed by atoms with Crippen molar-refractivity contribution in [2.75, 3.05) is 18.4 Å². The molecule has 0 spiro atoms. The number of ether oxygens (including phenoxy) is 1. The summed E-state index contributed by atoms with van der Waals surface area (Å²) in [6, 6.07) is 8.37. The summed E-state index contributed by atoms with van der Waals surface area (Å²) in [5.74, 6) is -3.87. The molecule has 0 unspecified atom stereocenters. The van der Waals surface area contributed by atoms with E-state index in [1.807, 2.05) is 6.92 Å². The van der Waals surface area contributed by atoms with Gasteiger partial charge in [0.25, 0.3) is 0 Å². The number of carbonyl (C=O) groups excluding carboxylic acids is 1. The summed E-state index contributed by atoms with van der Waals surface area (Å²) in [4.78, 5) is 16.9. The molecule has 2 N–H and O–H groups in total. The van der Waals surface area contributed by atoms with E-state index < -0.39 is 35.1 Å². The number of benzene rings is 2. The fourth-order valence-corrected chi connectivity index (χ4v) is 4.46. The lowest BCUT2D eigenvalue weighted by Crippen LogP contribution is -2.43. The average Bonchev–Trinajstić information content (AvgIpc) is 2.82. The van der Waals surface area contributed by atoms with Crippen molar-refractivity contribution in [1.82, 2.24) is 10.3 Å². The van der Waals surface area contributed by atoms with Crippen LogP contribution in [-0.4, -0.2) is 36.2 Å². The van der Waals surface area contributed by atoms with Crippen LogP contribution in [0, 0.1) is 23.3 Å². The lowest BCUT2D eigenvalue weighted by atomic mass is 9.88. The van der Waals surface area contributed by atoms with Gasteiger partial charge in [-0.25, -0.2) is 17.6 Å². The van der Waals surface area contributed by atoms with Crippen molar-refractivity contribution in [3.8, 4) is 0 Å². The van der Waals surface area contributed by atoms with Gasteiger partial charge in [0.1, 0.15) is 23.3 Å². The second-order valence-corrected chi connectivity index (χ2v) is 8.97. The first-order valence-corrected chi connectivity index (χ1v) is 11.8. The predicted molar refractivity (Wildman–Crippen MR) is 128 cm³/mol. The number of halogens is 4. The molecule has 1 fully saturated rings. The maximum absolute atomic E-state index is 14.7. The fourth-order valence-electron chi connectivity index (χ4n) is 4.46. The van der Waals surface area contributed by atoms with Crippen LogP contribution in [0.3, 0.4) is 0 Å². The predicted octanol–water partition coefficient (Wildman–Crippen LogP) is 5.11. The molecule has 4 rings (SSSR count). The first kappa shape index (κ1) is 25.8. The van der Waals surface area contributed by atoms with E-state index in [9.17, 15) is 22.4 Å². The number of rotatable bonds is 8. The summed E-state index contributed by atoms with van der Waals surface area (Å²) in [5.41, 5.74) is 1.25. The maximum Gasteiger partial charge on any atom is 0.225 e. The van der Waals surface area contributed by atoms with Gasteiger partial charge in [-0.05, 0) is 55.2 Å². The first-order chi connectivity index (χ1) is 17.3. The number of anilines is 1. The van der Waals surface area contributed by atoms with E-state index in [0.717, 1.165) is 30.9 Å². The third-order valence-electron chi connectivity index (χ3n) is 6.17. The Morgan fingerprint density at radius 2 is 1.75 bits per heavy atom. The molecular weight excluding hydrogens is 474 g/mol. The van der Waals surface area contributed by atoms with Crippen molar-refractivity contribution in [2.45, 2.75) is 44.3 Å². The Morgan fingerprint density at radius 3 is 2.44 bits per heavy atom. The topological polar surface area (TPSA) is 63.2 Å². The van der Waals surface area contributed by atoms with Gasteiger partial charge in [0.05, 0.1) is 30.3 Å². The molecule has 1 amide bonds. The number of hydrogen-bond donors (Lipinski definition) is 2. The standard InChI is InChI=1S/C27H27F4N3O2/c1-16-12-32-13-22(36-16)6-7-23-25(31)14-33-15-26(23)34-27(35)11-24(17-2-4-19(28)5-3-17)18-8-20(29)10-21(30)9-18/h2-5,8-10,14-16,22,24,32H,6-7,11-13H2,1H3,(H,34,35)/t16-,22+,24-/m0/s1. The van der Waals surface area contributed by atoms with Crippen molar-refractivity contribution in [3.63, 3.8) is 0 Å². The van der Waals surface area contributed by atoms with Crippen LogP contribution in [-0.2, 0) is 16.0 Å². The molecule has 0 radical (unpaired) electrons. The highest BCUT2D eigenvalue weighted by molar-refractivity contribution is 5.92. The number of hydrogen-bond acceptors (Lipinski definition) is 4. The Bertz CT molecular complexity index is 1190. The lowest BCUT2D eigenvalue weighted by molar-refractivity contribution is -0.116. The van der Waals surface area contributed by atoms with Crippen LogP contribution >= 0.6 is 0 Å². The number of aromatic nitrogens is 1. The van der Waals surface area contributed by atoms with Gasteiger partial charge in [0.15, 0.2) is 0 Å². The van der Waals surface area contributed by atoms with E-state index in [4.69, 9.17) is 4.74 Å². The molecule has 1 saturated heterocycles. The second-order valence-electron chi connectivity index (χ2n) is 8.97. The van der Waals surface area contributed by atoms with Gasteiger partial charge in [0.2, 0.25) is 5.91 Å². The zero-order valence-corrected chi connectivity index (χ0v) is 19.7. The van der Waals surface area contributed by atoms with Gasteiger partial charge >= 0.3 is 0 Å². The molecule has 1 aromatic heterocycles. The third-order valence-corrected chi connectivity index (χ3v) is 6.17. The minimum Gasteiger partial charge on any atom is -0.373 e. The smallest absolute Gasteiger partial charge is 0.225 e. The molecule has 190 valence electrons. The van der Waals surface area contributed by atoms with Crippen molar-refractivity contribution < 1.29 is 27.1 Å². The van der Waals surface area contributed by atoms with Gasteiger partial charge in [-0.2, -0.15) is 0 Å². The Labute approximate surface area is 206 Å². The van der Waals surface area contributed by atoms with Crippen LogP contribution in [0.1, 0.15) is 42.4 Å². The van der Waals surface area contributed by atoms with E-state index in [1.54, 1.807) is 0 Å². The molecule has 1 aliphatic rings. The molecule has 1 aliphatic heterocycles. The van der Waals surface area contributed by atoms with Crippen LogP contribution in [0.4, 0.5) is 23.2 Å². The highest BCUT2D eigenvalue weighted by Crippen LogP contribution is 2.31. The number of nitrogens with zero attached hydrogens (tertiary/aromatic N) is 1. The SMILES string of the molecule is C[C@H]1CNC[C@@H](CCc2c(F)cncc2NC(=O)C[C@@H](c2ccc(F)cc2)c2cc(F)cc(F)c2)O1. The number of morpholine rings is 1. The van der Waals surface area contributed by atoms with Gasteiger partial charge in [-0.1, -0.05) is 12.1 Å². The Balaban J connectivity index is 1.53. The van der Waals surface area contributed by atoms with Gasteiger partial charge in [-0.3, -0.25) is 9.78 Å². The monoisotopic (exact) mass is 501 g/mol. The number of carbonyl (C=O) groups is 1. The highest BCUT2D eigenvalue weighted by Gasteiger charge is 2.23. The van der Waals surface area contributed by atoms with E-state index >= 15 is 0 Å². The van der Waals surface area contributed by atoms with E-state index in [1.165, 1.54) is 30.5 Å². The Hall–Kier alpha value is -3.30. The maximum atomic E-state index is 14.7. The zero-order valence-electron chi connectivity index (χ0n) is 19.7. The number of amides is 1. The van der Waals surface area contributed by atoms with Crippen LogP contribution in [0.5, 0.6) is 0 Å². The fraction of sp³-hybridized carbons (Fsp3) is 0.333. The van der Waals surface area contributed by atoms with Crippen LogP contribution < -0.4 is 10.6 Å². The Morgan fingerprint density at radius 1 is 1.03 bits per heavy atom. The zero-order chi connectivity index (χ0) is 25.7. The van der Waals surface area contributed by atoms with Gasteiger partial charge in [0, 0.05) is 37.1 Å². The van der Waals surface area contributed by atoms with E-state index in [2.05, 4.69) is 15.6 Å². The summed E-state index contributed by atoms with van der Waals surface area (Å²) >= 11 is 0. The summed E-state index contributed by atoms with van der Waals surface area (Å²) in [7, 11) is 0. The van der Waals surface area contributed by atoms with Crippen molar-refractivity contribution >= 4 is 11.6 Å². The minimum atomic E-state index is -0.789. The quantitative estimate of drug-likeness (QED) is 0.421. The normalized spacial score (nSPS) is 18.6. The van der Waals surface area contributed by atoms with Crippen LogP contribution in [0.25, 0.3) is 0 Å². The van der Waals surface area contributed by atoms with E-state index in [-0.39, 0.29) is 29.9 Å². The summed E-state index contributed by atoms with van der Waals surface area (Å²) in [6.07, 6.45) is 3.08. The summed E-state index contributed by atoms with van der Waals surface area (Å²) in [5, 5.41) is 5.97. The summed E-state index contributed by atoms with van der Waals surface area (Å²) < 4.78 is 61.9. The molecule has 0 saturated carbocycles. The van der Waals surface area contributed by atoms with Gasteiger partial charge < -0.3 is 15.4 Å². The first-order valence-electron chi connectivity index (χ1n) is 11.8. The Kier molecular flexibility index (Phi) is 8.32. The average molecular weight is 502 g/mol. The molecule has 5 nitrogen and oxygen atoms in total. The minimum absolute atomic E-state index is 0.0567. The largest absolute Gasteiger partial charge is 0.373 e. The van der Waals surface area contributed by atoms with Crippen LogP contribution in [0.2, 0.25) is 0 Å². The molecule has 2 aromatic carbocycles. The van der Waals surface area contributed by atoms with Crippen molar-refractivity contribution in [3.05, 3.63) is 94.8 Å². The summed E-state index contributed by atoms with van der Waals surface area (Å²) in [6.45, 7) is 3.37. The molecule has 0 aliphatic carbocycles. The molecule has 0 bridgehead atoms. The molecule has 2 heterocycles. The van der Waals surface area contributed by atoms with Crippen molar-refractivity contribution in [1.29, 1.82) is 0 Å². The molecule has 36 heavy (non-hydrogen) atoms. The molecule has 3 atom stereocenters. The molecule has 9 heteroatoms. The molecular formula is C27H27F4N3O2. The number of pyridine rings is 1. The number of nitrogens with one attached hydrogen (secondary N) is 2. The molecule has 3 aromatic rings. The van der Waals surface area contributed by atoms with Crippen molar-refractivity contribution in [2.24, 2.45) is 0 Å². The van der Waals surface area contributed by atoms with Gasteiger partial charge in [-0.15, -0.1) is 0 Å². The third kappa shape index (κ3) is 6.67.